The molecule has 1 saturated heterocycles. The number of piperidine rings is 1. The summed E-state index contributed by atoms with van der Waals surface area (Å²) in [7, 11) is 0. The van der Waals surface area contributed by atoms with Gasteiger partial charge >= 0.3 is 0 Å². The van der Waals surface area contributed by atoms with Gasteiger partial charge in [-0.25, -0.2) is 4.39 Å². The van der Waals surface area contributed by atoms with Crippen LogP contribution in [0.3, 0.4) is 0 Å². The molecule has 1 aromatic carbocycles. The summed E-state index contributed by atoms with van der Waals surface area (Å²) in [5, 5.41) is 0. The molecule has 0 unspecified atom stereocenters. The number of hydrogen-bond acceptors (Lipinski definition) is 3. The molecule has 4 nitrogen and oxygen atoms in total. The minimum absolute atomic E-state index is 0.0437. The Morgan fingerprint density at radius 1 is 1.25 bits per heavy atom. The summed E-state index contributed by atoms with van der Waals surface area (Å²) in [5.41, 5.74) is 5.26. The van der Waals surface area contributed by atoms with Crippen molar-refractivity contribution in [2.45, 2.75) is 17.7 Å². The summed E-state index contributed by atoms with van der Waals surface area (Å²) in [6, 6.07) is 6.08. The zero-order valence-electron chi connectivity index (χ0n) is 11.0. The zero-order valence-corrected chi connectivity index (χ0v) is 11.9. The molecule has 0 atom stereocenters. The second kappa shape index (κ2) is 6.74. The molecule has 1 aliphatic rings. The van der Waals surface area contributed by atoms with Gasteiger partial charge in [-0.15, -0.1) is 11.8 Å². The molecule has 2 N–H and O–H groups in total. The van der Waals surface area contributed by atoms with Crippen molar-refractivity contribution in [2.24, 2.45) is 11.7 Å². The number of nitrogens with zero attached hydrogens (tertiary/aromatic N) is 1. The number of carbonyl (C=O) groups excluding carboxylic acids is 2. The Morgan fingerprint density at radius 3 is 2.40 bits per heavy atom. The lowest BCUT2D eigenvalue weighted by Gasteiger charge is -2.30. The van der Waals surface area contributed by atoms with Crippen molar-refractivity contribution in [3.05, 3.63) is 30.1 Å². The van der Waals surface area contributed by atoms with E-state index in [0.29, 0.717) is 31.7 Å². The number of halogens is 1. The molecule has 20 heavy (non-hydrogen) atoms. The second-order valence-electron chi connectivity index (χ2n) is 4.80. The predicted molar refractivity (Wildman–Crippen MR) is 75.6 cm³/mol. The molecule has 0 bridgehead atoms. The second-order valence-corrected chi connectivity index (χ2v) is 5.85. The van der Waals surface area contributed by atoms with Crippen LogP contribution < -0.4 is 5.73 Å². The topological polar surface area (TPSA) is 63.4 Å². The highest BCUT2D eigenvalue weighted by Crippen LogP contribution is 2.21. The van der Waals surface area contributed by atoms with Gasteiger partial charge in [-0.2, -0.15) is 0 Å². The smallest absolute Gasteiger partial charge is 0.232 e. The predicted octanol–water partition coefficient (Wildman–Crippen LogP) is 1.64. The van der Waals surface area contributed by atoms with E-state index in [0.717, 1.165) is 4.90 Å². The number of rotatable bonds is 4. The Bertz CT molecular complexity index is 484. The maximum atomic E-state index is 12.8. The van der Waals surface area contributed by atoms with Crippen LogP contribution in [-0.2, 0) is 9.59 Å². The first-order valence-corrected chi connectivity index (χ1v) is 7.50. The molecular weight excluding hydrogens is 279 g/mol. The Kier molecular flexibility index (Phi) is 5.00. The van der Waals surface area contributed by atoms with E-state index in [1.54, 1.807) is 17.0 Å². The van der Waals surface area contributed by atoms with Crippen molar-refractivity contribution in [1.29, 1.82) is 0 Å². The summed E-state index contributed by atoms with van der Waals surface area (Å²) in [5.74, 6) is -0.301. The van der Waals surface area contributed by atoms with Gasteiger partial charge in [0.05, 0.1) is 5.75 Å². The minimum Gasteiger partial charge on any atom is -0.369 e. The van der Waals surface area contributed by atoms with Crippen LogP contribution in [0.15, 0.2) is 29.2 Å². The van der Waals surface area contributed by atoms with Gasteiger partial charge in [0.2, 0.25) is 11.8 Å². The third kappa shape index (κ3) is 3.96. The molecule has 0 radical (unpaired) electrons. The third-order valence-electron chi connectivity index (χ3n) is 3.43. The van der Waals surface area contributed by atoms with E-state index in [1.807, 2.05) is 0 Å². The lowest BCUT2D eigenvalue weighted by Crippen LogP contribution is -2.42. The van der Waals surface area contributed by atoms with Crippen molar-refractivity contribution in [1.82, 2.24) is 4.90 Å². The molecule has 108 valence electrons. The summed E-state index contributed by atoms with van der Waals surface area (Å²) in [6.07, 6.45) is 1.28. The van der Waals surface area contributed by atoms with Crippen LogP contribution in [-0.4, -0.2) is 35.6 Å². The largest absolute Gasteiger partial charge is 0.369 e. The molecule has 1 fully saturated rings. The first kappa shape index (κ1) is 14.8. The summed E-state index contributed by atoms with van der Waals surface area (Å²) in [4.78, 5) is 25.7. The van der Waals surface area contributed by atoms with E-state index in [-0.39, 0.29) is 23.5 Å². The highest BCUT2D eigenvalue weighted by atomic mass is 32.2. The monoisotopic (exact) mass is 296 g/mol. The molecule has 0 aromatic heterocycles. The lowest BCUT2D eigenvalue weighted by molar-refractivity contribution is -0.132. The molecule has 1 aliphatic heterocycles. The summed E-state index contributed by atoms with van der Waals surface area (Å²) >= 11 is 1.39. The fourth-order valence-corrected chi connectivity index (χ4v) is 2.98. The number of thioether (sulfide) groups is 1. The third-order valence-corrected chi connectivity index (χ3v) is 4.42. The number of benzene rings is 1. The normalized spacial score (nSPS) is 16.1. The Labute approximate surface area is 121 Å². The van der Waals surface area contributed by atoms with E-state index < -0.39 is 0 Å². The summed E-state index contributed by atoms with van der Waals surface area (Å²) in [6.45, 7) is 1.16. The molecule has 2 rings (SSSR count). The Balaban J connectivity index is 1.78. The van der Waals surface area contributed by atoms with Crippen molar-refractivity contribution >= 4 is 23.6 Å². The molecule has 0 aliphatic carbocycles. The first-order chi connectivity index (χ1) is 9.56. The standard InChI is InChI=1S/C14H17FN2O2S/c15-11-1-3-12(4-2-11)20-9-13(18)17-7-5-10(6-8-17)14(16)19/h1-4,10H,5-9H2,(H2,16,19). The highest BCUT2D eigenvalue weighted by molar-refractivity contribution is 8.00. The van der Waals surface area contributed by atoms with Crippen molar-refractivity contribution < 1.29 is 14.0 Å². The number of carbonyl (C=O) groups is 2. The maximum absolute atomic E-state index is 12.8. The Hall–Kier alpha value is -1.56. The van der Waals surface area contributed by atoms with Gasteiger partial charge in [-0.05, 0) is 37.1 Å². The van der Waals surface area contributed by atoms with Crippen LogP contribution in [0.2, 0.25) is 0 Å². The summed E-state index contributed by atoms with van der Waals surface area (Å²) < 4.78 is 12.8. The van der Waals surface area contributed by atoms with Crippen molar-refractivity contribution in [2.75, 3.05) is 18.8 Å². The van der Waals surface area contributed by atoms with E-state index in [4.69, 9.17) is 5.73 Å². The number of likely N-dealkylation sites (tertiary alicyclic amines) is 1. The molecule has 1 heterocycles. The van der Waals surface area contributed by atoms with Gasteiger partial charge in [0, 0.05) is 23.9 Å². The fraction of sp³-hybridized carbons (Fsp3) is 0.429. The molecule has 0 spiro atoms. The van der Waals surface area contributed by atoms with Crippen LogP contribution in [0.1, 0.15) is 12.8 Å². The van der Waals surface area contributed by atoms with E-state index >= 15 is 0 Å². The molecule has 0 saturated carbocycles. The average Bonchev–Trinajstić information content (AvgIpc) is 2.46. The van der Waals surface area contributed by atoms with Crippen LogP contribution in [0.25, 0.3) is 0 Å². The van der Waals surface area contributed by atoms with Crippen LogP contribution in [0.5, 0.6) is 0 Å². The number of primary amides is 1. The van der Waals surface area contributed by atoms with E-state index in [9.17, 15) is 14.0 Å². The first-order valence-electron chi connectivity index (χ1n) is 6.51. The number of hydrogen-bond donors (Lipinski definition) is 1. The fourth-order valence-electron chi connectivity index (χ4n) is 2.18. The Morgan fingerprint density at radius 2 is 1.85 bits per heavy atom. The molecule has 6 heteroatoms. The van der Waals surface area contributed by atoms with Gasteiger partial charge in [-0.1, -0.05) is 0 Å². The molecule has 2 amide bonds. The van der Waals surface area contributed by atoms with Crippen molar-refractivity contribution in [3.63, 3.8) is 0 Å². The van der Waals surface area contributed by atoms with Gasteiger partial charge in [0.15, 0.2) is 0 Å². The van der Waals surface area contributed by atoms with Gasteiger partial charge < -0.3 is 10.6 Å². The number of nitrogens with two attached hydrogens (primary N) is 1. The van der Waals surface area contributed by atoms with Gasteiger partial charge in [0.25, 0.3) is 0 Å². The maximum Gasteiger partial charge on any atom is 0.232 e. The number of amides is 2. The van der Waals surface area contributed by atoms with Crippen molar-refractivity contribution in [3.8, 4) is 0 Å². The lowest BCUT2D eigenvalue weighted by atomic mass is 9.96. The average molecular weight is 296 g/mol. The highest BCUT2D eigenvalue weighted by Gasteiger charge is 2.25. The zero-order chi connectivity index (χ0) is 14.5. The minimum atomic E-state index is -0.283. The quantitative estimate of drug-likeness (QED) is 0.859. The molecule has 1 aromatic rings. The van der Waals surface area contributed by atoms with Crippen LogP contribution in [0, 0.1) is 11.7 Å². The van der Waals surface area contributed by atoms with Gasteiger partial charge in [-0.3, -0.25) is 9.59 Å². The van der Waals surface area contributed by atoms with Crippen LogP contribution in [0.4, 0.5) is 4.39 Å². The molecular formula is C14H17FN2O2S. The van der Waals surface area contributed by atoms with E-state index in [1.165, 1.54) is 23.9 Å². The van der Waals surface area contributed by atoms with Crippen LogP contribution >= 0.6 is 11.8 Å². The SMILES string of the molecule is NC(=O)C1CCN(C(=O)CSc2ccc(F)cc2)CC1. The van der Waals surface area contributed by atoms with Gasteiger partial charge in [0.1, 0.15) is 5.82 Å². The van der Waals surface area contributed by atoms with E-state index in [2.05, 4.69) is 0 Å².